The number of anilines is 1. The molecule has 2 aliphatic rings. The molecule has 152 valence electrons. The fourth-order valence-corrected chi connectivity index (χ4v) is 4.66. The van der Waals surface area contributed by atoms with E-state index >= 15 is 0 Å². The molecule has 2 aromatic rings. The first-order valence-electron chi connectivity index (χ1n) is 10.8. The van der Waals surface area contributed by atoms with Gasteiger partial charge in [0.15, 0.2) is 0 Å². The number of aryl methyl sites for hydroxylation is 3. The van der Waals surface area contributed by atoms with Gasteiger partial charge in [-0.3, -0.25) is 4.79 Å². The fourth-order valence-electron chi connectivity index (χ4n) is 4.66. The zero-order chi connectivity index (χ0) is 19.7. The van der Waals surface area contributed by atoms with Gasteiger partial charge < -0.3 is 14.6 Å². The Labute approximate surface area is 167 Å². The standard InChI is InChI=1S/C22H32N4O2/c1-14-15(2)28-22-19(14)20(23-16(3)24-22)26-12-10-17(11-13-26)21(27)25-18-8-6-4-5-7-9-18/h17-18H,4-13H2,1-3H3,(H,25,27). The second-order valence-electron chi connectivity index (χ2n) is 8.52. The van der Waals surface area contributed by atoms with E-state index in [0.717, 1.165) is 67.1 Å². The van der Waals surface area contributed by atoms with Gasteiger partial charge in [-0.25, -0.2) is 4.98 Å². The minimum absolute atomic E-state index is 0.116. The Morgan fingerprint density at radius 1 is 1.00 bits per heavy atom. The van der Waals surface area contributed by atoms with Crippen LogP contribution < -0.4 is 10.2 Å². The van der Waals surface area contributed by atoms with Crippen molar-refractivity contribution in [1.29, 1.82) is 0 Å². The molecule has 2 fully saturated rings. The third-order valence-electron chi connectivity index (χ3n) is 6.49. The summed E-state index contributed by atoms with van der Waals surface area (Å²) in [5.74, 6) is 2.95. The van der Waals surface area contributed by atoms with Crippen molar-refractivity contribution in [3.05, 3.63) is 17.1 Å². The molecule has 0 atom stereocenters. The molecular formula is C22H32N4O2. The summed E-state index contributed by atoms with van der Waals surface area (Å²) in [6, 6.07) is 0.383. The van der Waals surface area contributed by atoms with E-state index in [1.54, 1.807) is 0 Å². The number of aromatic nitrogens is 2. The van der Waals surface area contributed by atoms with Gasteiger partial charge in [0.25, 0.3) is 0 Å². The summed E-state index contributed by atoms with van der Waals surface area (Å²) in [5.41, 5.74) is 1.78. The molecule has 4 rings (SSSR count). The van der Waals surface area contributed by atoms with E-state index in [-0.39, 0.29) is 11.8 Å². The van der Waals surface area contributed by atoms with Gasteiger partial charge in [0.1, 0.15) is 17.4 Å². The van der Waals surface area contributed by atoms with Gasteiger partial charge in [-0.15, -0.1) is 0 Å². The minimum Gasteiger partial charge on any atom is -0.443 e. The summed E-state index contributed by atoms with van der Waals surface area (Å²) in [7, 11) is 0. The molecule has 1 aliphatic heterocycles. The SMILES string of the molecule is Cc1nc(N2CCC(C(=O)NC3CCCCCC3)CC2)c2c(C)c(C)oc2n1. The lowest BCUT2D eigenvalue weighted by molar-refractivity contribution is -0.126. The van der Waals surface area contributed by atoms with E-state index in [9.17, 15) is 4.79 Å². The number of hydrogen-bond acceptors (Lipinski definition) is 5. The highest BCUT2D eigenvalue weighted by atomic mass is 16.3. The van der Waals surface area contributed by atoms with Gasteiger partial charge in [0, 0.05) is 30.6 Å². The highest BCUT2D eigenvalue weighted by Gasteiger charge is 2.29. The highest BCUT2D eigenvalue weighted by molar-refractivity contribution is 5.90. The summed E-state index contributed by atoms with van der Waals surface area (Å²) >= 11 is 0. The van der Waals surface area contributed by atoms with E-state index in [1.165, 1.54) is 25.7 Å². The normalized spacial score (nSPS) is 19.8. The summed E-state index contributed by atoms with van der Waals surface area (Å²) in [6.45, 7) is 7.63. The Balaban J connectivity index is 1.43. The summed E-state index contributed by atoms with van der Waals surface area (Å²) in [4.78, 5) is 24.3. The first-order chi connectivity index (χ1) is 13.5. The molecule has 2 aromatic heterocycles. The van der Waals surface area contributed by atoms with Crippen molar-refractivity contribution in [1.82, 2.24) is 15.3 Å². The lowest BCUT2D eigenvalue weighted by Gasteiger charge is -2.33. The van der Waals surface area contributed by atoms with Gasteiger partial charge in [-0.2, -0.15) is 4.98 Å². The van der Waals surface area contributed by atoms with Crippen LogP contribution in [0.5, 0.6) is 0 Å². The van der Waals surface area contributed by atoms with Gasteiger partial charge in [-0.05, 0) is 46.5 Å². The van der Waals surface area contributed by atoms with Crippen molar-refractivity contribution in [3.8, 4) is 0 Å². The second-order valence-corrected chi connectivity index (χ2v) is 8.52. The van der Waals surface area contributed by atoms with E-state index < -0.39 is 0 Å². The van der Waals surface area contributed by atoms with Crippen molar-refractivity contribution in [2.24, 2.45) is 5.92 Å². The van der Waals surface area contributed by atoms with Crippen LogP contribution in [0.15, 0.2) is 4.42 Å². The molecule has 0 unspecified atom stereocenters. The summed E-state index contributed by atoms with van der Waals surface area (Å²) < 4.78 is 5.82. The van der Waals surface area contributed by atoms with Crippen molar-refractivity contribution in [2.75, 3.05) is 18.0 Å². The van der Waals surface area contributed by atoms with E-state index in [2.05, 4.69) is 22.1 Å². The predicted molar refractivity (Wildman–Crippen MR) is 111 cm³/mol. The number of nitrogens with one attached hydrogen (secondary N) is 1. The fraction of sp³-hybridized carbons (Fsp3) is 0.682. The van der Waals surface area contributed by atoms with Crippen molar-refractivity contribution in [3.63, 3.8) is 0 Å². The number of piperidine rings is 1. The molecule has 1 saturated carbocycles. The van der Waals surface area contributed by atoms with Crippen LogP contribution in [-0.4, -0.2) is 35.0 Å². The Morgan fingerprint density at radius 2 is 1.68 bits per heavy atom. The van der Waals surface area contributed by atoms with Crippen LogP contribution in [-0.2, 0) is 4.79 Å². The molecule has 1 saturated heterocycles. The van der Waals surface area contributed by atoms with Gasteiger partial charge in [0.2, 0.25) is 11.6 Å². The summed E-state index contributed by atoms with van der Waals surface area (Å²) in [6.07, 6.45) is 9.14. The second kappa shape index (κ2) is 8.10. The first kappa shape index (κ1) is 19.2. The largest absolute Gasteiger partial charge is 0.443 e. The molecule has 0 bridgehead atoms. The molecule has 1 N–H and O–H groups in total. The molecule has 0 spiro atoms. The molecule has 1 aliphatic carbocycles. The number of amides is 1. The Hall–Kier alpha value is -2.11. The van der Waals surface area contributed by atoms with Gasteiger partial charge in [0.05, 0.1) is 5.39 Å². The Bertz CT molecular complexity index is 844. The van der Waals surface area contributed by atoms with Crippen LogP contribution in [0.2, 0.25) is 0 Å². The van der Waals surface area contributed by atoms with Gasteiger partial charge in [-0.1, -0.05) is 25.7 Å². The molecule has 6 heteroatoms. The van der Waals surface area contributed by atoms with E-state index in [1.807, 2.05) is 13.8 Å². The lowest BCUT2D eigenvalue weighted by Crippen LogP contribution is -2.44. The zero-order valence-electron chi connectivity index (χ0n) is 17.4. The number of hydrogen-bond donors (Lipinski definition) is 1. The third kappa shape index (κ3) is 3.87. The van der Waals surface area contributed by atoms with Crippen LogP contribution in [0, 0.1) is 26.7 Å². The Kier molecular flexibility index (Phi) is 5.56. The molecule has 0 aromatic carbocycles. The van der Waals surface area contributed by atoms with Crippen LogP contribution in [0.3, 0.4) is 0 Å². The van der Waals surface area contributed by atoms with Crippen LogP contribution in [0.4, 0.5) is 5.82 Å². The molecule has 0 radical (unpaired) electrons. The Morgan fingerprint density at radius 3 is 2.36 bits per heavy atom. The number of fused-ring (bicyclic) bond motifs is 1. The van der Waals surface area contributed by atoms with Crippen LogP contribution in [0.25, 0.3) is 11.1 Å². The minimum atomic E-state index is 0.116. The molecule has 6 nitrogen and oxygen atoms in total. The number of rotatable bonds is 3. The smallest absolute Gasteiger partial charge is 0.231 e. The number of furan rings is 1. The van der Waals surface area contributed by atoms with Crippen LogP contribution >= 0.6 is 0 Å². The molecule has 28 heavy (non-hydrogen) atoms. The molecule has 3 heterocycles. The maximum Gasteiger partial charge on any atom is 0.231 e. The quantitative estimate of drug-likeness (QED) is 0.803. The molecule has 1 amide bonds. The monoisotopic (exact) mass is 384 g/mol. The predicted octanol–water partition coefficient (Wildman–Crippen LogP) is 4.20. The topological polar surface area (TPSA) is 71.3 Å². The number of carbonyl (C=O) groups excluding carboxylic acids is 1. The van der Waals surface area contributed by atoms with Crippen LogP contribution in [0.1, 0.15) is 68.5 Å². The highest BCUT2D eigenvalue weighted by Crippen LogP contribution is 2.33. The lowest BCUT2D eigenvalue weighted by atomic mass is 9.94. The average molecular weight is 385 g/mol. The number of carbonyl (C=O) groups is 1. The number of nitrogens with zero attached hydrogens (tertiary/aromatic N) is 3. The van der Waals surface area contributed by atoms with Crippen molar-refractivity contribution >= 4 is 22.8 Å². The first-order valence-corrected chi connectivity index (χ1v) is 10.8. The van der Waals surface area contributed by atoms with Crippen molar-refractivity contribution in [2.45, 2.75) is 78.2 Å². The van der Waals surface area contributed by atoms with E-state index in [4.69, 9.17) is 9.40 Å². The third-order valence-corrected chi connectivity index (χ3v) is 6.49. The maximum absolute atomic E-state index is 12.8. The maximum atomic E-state index is 12.8. The molecular weight excluding hydrogens is 352 g/mol. The van der Waals surface area contributed by atoms with Crippen molar-refractivity contribution < 1.29 is 9.21 Å². The average Bonchev–Trinajstić information content (AvgIpc) is 2.86. The van der Waals surface area contributed by atoms with E-state index in [0.29, 0.717) is 11.8 Å². The van der Waals surface area contributed by atoms with Gasteiger partial charge >= 0.3 is 0 Å². The zero-order valence-corrected chi connectivity index (χ0v) is 17.4. The summed E-state index contributed by atoms with van der Waals surface area (Å²) in [5, 5.41) is 4.35.